The molecule has 2 aromatic carbocycles. The van der Waals surface area contributed by atoms with E-state index in [0.717, 1.165) is 17.5 Å². The number of nitriles is 1. The van der Waals surface area contributed by atoms with Gasteiger partial charge in [0.05, 0.1) is 21.7 Å². The van der Waals surface area contributed by atoms with Gasteiger partial charge in [0.15, 0.2) is 0 Å². The Hall–Kier alpha value is -1.95. The van der Waals surface area contributed by atoms with Gasteiger partial charge in [-0.1, -0.05) is 53.9 Å². The van der Waals surface area contributed by atoms with Gasteiger partial charge in [0.2, 0.25) is 0 Å². The highest BCUT2D eigenvalue weighted by molar-refractivity contribution is 6.39. The van der Waals surface area contributed by atoms with E-state index in [4.69, 9.17) is 28.9 Å². The number of allylic oxidation sites excluding steroid dienone is 1. The van der Waals surface area contributed by atoms with E-state index in [-0.39, 0.29) is 0 Å². The van der Waals surface area contributed by atoms with E-state index in [1.54, 1.807) is 18.2 Å². The second kappa shape index (κ2) is 6.87. The van der Waals surface area contributed by atoms with Gasteiger partial charge in [-0.25, -0.2) is 0 Å². The summed E-state index contributed by atoms with van der Waals surface area (Å²) in [5.74, 6) is 0. The highest BCUT2D eigenvalue weighted by Crippen LogP contribution is 2.37. The van der Waals surface area contributed by atoms with Crippen molar-refractivity contribution in [2.75, 3.05) is 5.73 Å². The Morgan fingerprint density at radius 1 is 1.23 bits per heavy atom. The van der Waals surface area contributed by atoms with Crippen LogP contribution in [-0.2, 0) is 0 Å². The third kappa shape index (κ3) is 3.44. The quantitative estimate of drug-likeness (QED) is 0.709. The molecule has 0 amide bonds. The molecule has 2 aromatic rings. The van der Waals surface area contributed by atoms with Crippen LogP contribution in [0.5, 0.6) is 0 Å². The van der Waals surface area contributed by atoms with E-state index < -0.39 is 0 Å². The van der Waals surface area contributed by atoms with E-state index in [1.165, 1.54) is 5.57 Å². The normalized spacial score (nSPS) is 11.3. The van der Waals surface area contributed by atoms with E-state index in [0.29, 0.717) is 26.9 Å². The zero-order chi connectivity index (χ0) is 16.3. The summed E-state index contributed by atoms with van der Waals surface area (Å²) in [4.78, 5) is 0. The summed E-state index contributed by atoms with van der Waals surface area (Å²) in [5.41, 5.74) is 10.4. The fourth-order valence-corrected chi connectivity index (χ4v) is 2.89. The van der Waals surface area contributed by atoms with Crippen molar-refractivity contribution in [3.63, 3.8) is 0 Å². The smallest absolute Gasteiger partial charge is 0.0998 e. The summed E-state index contributed by atoms with van der Waals surface area (Å²) < 4.78 is 0. The van der Waals surface area contributed by atoms with Crippen molar-refractivity contribution >= 4 is 35.0 Å². The average molecular weight is 331 g/mol. The minimum absolute atomic E-state index is 0.474. The van der Waals surface area contributed by atoms with Crippen LogP contribution in [0.3, 0.4) is 0 Å². The monoisotopic (exact) mass is 330 g/mol. The number of nitrogens with zero attached hydrogens (tertiary/aromatic N) is 1. The van der Waals surface area contributed by atoms with Crippen LogP contribution < -0.4 is 5.73 Å². The van der Waals surface area contributed by atoms with Gasteiger partial charge in [-0.3, -0.25) is 0 Å². The molecule has 0 radical (unpaired) electrons. The molecule has 0 heterocycles. The Balaban J connectivity index is 2.59. The minimum Gasteiger partial charge on any atom is -0.399 e. The number of hydrogen-bond acceptors (Lipinski definition) is 2. The SMILES string of the molecule is CCC(C)=Cc1ccc(-c2c(Cl)cc(N)cc2Cl)cc1C#N. The molecule has 0 fully saturated rings. The largest absolute Gasteiger partial charge is 0.399 e. The highest BCUT2D eigenvalue weighted by atomic mass is 35.5. The Labute approximate surface area is 140 Å². The van der Waals surface area contributed by atoms with Crippen molar-refractivity contribution in [3.05, 3.63) is 57.1 Å². The molecule has 0 bridgehead atoms. The van der Waals surface area contributed by atoms with Gasteiger partial charge in [-0.05, 0) is 42.7 Å². The lowest BCUT2D eigenvalue weighted by Crippen LogP contribution is -1.90. The first-order chi connectivity index (χ1) is 10.5. The molecule has 22 heavy (non-hydrogen) atoms. The molecule has 0 aliphatic rings. The summed E-state index contributed by atoms with van der Waals surface area (Å²) in [6.45, 7) is 4.13. The van der Waals surface area contributed by atoms with Gasteiger partial charge in [0.1, 0.15) is 0 Å². The maximum Gasteiger partial charge on any atom is 0.0998 e. The maximum absolute atomic E-state index is 9.39. The van der Waals surface area contributed by atoms with Gasteiger partial charge in [0, 0.05) is 11.3 Å². The molecule has 2 N–H and O–H groups in total. The molecule has 0 aromatic heterocycles. The van der Waals surface area contributed by atoms with Crippen molar-refractivity contribution in [1.82, 2.24) is 0 Å². The standard InChI is InChI=1S/C18H16Cl2N2/c1-3-11(2)6-12-4-5-13(7-14(12)10-21)18-16(19)8-15(22)9-17(18)20/h4-9H,3,22H2,1-2H3. The molecule has 0 spiro atoms. The van der Waals surface area contributed by atoms with E-state index in [9.17, 15) is 5.26 Å². The molecule has 0 saturated carbocycles. The number of halogens is 2. The third-order valence-electron chi connectivity index (χ3n) is 3.49. The summed E-state index contributed by atoms with van der Waals surface area (Å²) in [5, 5.41) is 10.3. The van der Waals surface area contributed by atoms with Crippen LogP contribution in [0.15, 0.2) is 35.9 Å². The lowest BCUT2D eigenvalue weighted by molar-refractivity contribution is 1.11. The van der Waals surface area contributed by atoms with Crippen LogP contribution >= 0.6 is 23.2 Å². The fraction of sp³-hybridized carbons (Fsp3) is 0.167. The van der Waals surface area contributed by atoms with Gasteiger partial charge in [-0.2, -0.15) is 5.26 Å². The number of anilines is 1. The predicted octanol–water partition coefficient (Wildman–Crippen LogP) is 5.93. The molecule has 0 aliphatic carbocycles. The van der Waals surface area contributed by atoms with Crippen LogP contribution in [0.4, 0.5) is 5.69 Å². The molecule has 0 unspecified atom stereocenters. The number of nitrogens with two attached hydrogens (primary N) is 1. The molecular formula is C18H16Cl2N2. The molecule has 0 aliphatic heterocycles. The van der Waals surface area contributed by atoms with Crippen molar-refractivity contribution in [2.45, 2.75) is 20.3 Å². The van der Waals surface area contributed by atoms with Gasteiger partial charge in [0.25, 0.3) is 0 Å². The molecule has 2 rings (SSSR count). The van der Waals surface area contributed by atoms with E-state index in [2.05, 4.69) is 13.0 Å². The number of rotatable bonds is 3. The van der Waals surface area contributed by atoms with Crippen molar-refractivity contribution in [1.29, 1.82) is 5.26 Å². The molecular weight excluding hydrogens is 315 g/mol. The summed E-state index contributed by atoms with van der Waals surface area (Å²) in [7, 11) is 0. The van der Waals surface area contributed by atoms with Crippen molar-refractivity contribution in [2.24, 2.45) is 0 Å². The average Bonchev–Trinajstić information content (AvgIpc) is 2.47. The summed E-state index contributed by atoms with van der Waals surface area (Å²) in [6, 6.07) is 11.2. The van der Waals surface area contributed by atoms with Gasteiger partial charge >= 0.3 is 0 Å². The first kappa shape index (κ1) is 16.4. The topological polar surface area (TPSA) is 49.8 Å². The highest BCUT2D eigenvalue weighted by Gasteiger charge is 2.12. The zero-order valence-electron chi connectivity index (χ0n) is 12.5. The maximum atomic E-state index is 9.39. The summed E-state index contributed by atoms with van der Waals surface area (Å²) in [6.07, 6.45) is 2.97. The Morgan fingerprint density at radius 2 is 1.86 bits per heavy atom. The zero-order valence-corrected chi connectivity index (χ0v) is 14.0. The fourth-order valence-electron chi connectivity index (χ4n) is 2.17. The number of hydrogen-bond donors (Lipinski definition) is 1. The number of nitrogen functional groups attached to an aromatic ring is 1. The summed E-state index contributed by atoms with van der Waals surface area (Å²) >= 11 is 12.5. The number of benzene rings is 2. The molecule has 2 nitrogen and oxygen atoms in total. The van der Waals surface area contributed by atoms with E-state index in [1.807, 2.05) is 25.1 Å². The third-order valence-corrected chi connectivity index (χ3v) is 4.08. The first-order valence-electron chi connectivity index (χ1n) is 6.92. The van der Waals surface area contributed by atoms with Crippen molar-refractivity contribution < 1.29 is 0 Å². The van der Waals surface area contributed by atoms with Crippen LogP contribution in [-0.4, -0.2) is 0 Å². The van der Waals surface area contributed by atoms with Gasteiger partial charge < -0.3 is 5.73 Å². The van der Waals surface area contributed by atoms with Crippen LogP contribution in [0, 0.1) is 11.3 Å². The van der Waals surface area contributed by atoms with Gasteiger partial charge in [-0.15, -0.1) is 0 Å². The Morgan fingerprint density at radius 3 is 2.41 bits per heavy atom. The molecule has 112 valence electrons. The molecule has 4 heteroatoms. The Kier molecular flexibility index (Phi) is 5.13. The minimum atomic E-state index is 0.474. The Bertz CT molecular complexity index is 763. The predicted molar refractivity (Wildman–Crippen MR) is 95.0 cm³/mol. The lowest BCUT2D eigenvalue weighted by Gasteiger charge is -2.10. The first-order valence-corrected chi connectivity index (χ1v) is 7.68. The lowest BCUT2D eigenvalue weighted by atomic mass is 9.98. The molecule has 0 saturated heterocycles. The second-order valence-corrected chi connectivity index (χ2v) is 5.93. The van der Waals surface area contributed by atoms with Crippen LogP contribution in [0.25, 0.3) is 17.2 Å². The van der Waals surface area contributed by atoms with E-state index >= 15 is 0 Å². The van der Waals surface area contributed by atoms with Crippen molar-refractivity contribution in [3.8, 4) is 17.2 Å². The van der Waals surface area contributed by atoms with Crippen LogP contribution in [0.2, 0.25) is 10.0 Å². The van der Waals surface area contributed by atoms with Crippen LogP contribution in [0.1, 0.15) is 31.4 Å². The molecule has 0 atom stereocenters. The second-order valence-electron chi connectivity index (χ2n) is 5.12.